The van der Waals surface area contributed by atoms with Gasteiger partial charge in [0.2, 0.25) is 0 Å². The maximum absolute atomic E-state index is 11.3. The molecule has 1 fully saturated rings. The van der Waals surface area contributed by atoms with E-state index in [1.165, 1.54) is 119 Å². The SMILES string of the molecule is CCCCCCCCCCCCC(C)c1cc(C(C)(C)C)cc(C2CCCCC2)c1O. The molecule has 1 aliphatic carbocycles. The Hall–Kier alpha value is -0.980. The van der Waals surface area contributed by atoms with Crippen molar-refractivity contribution in [2.45, 2.75) is 155 Å². The molecule has 1 heteroatoms. The summed E-state index contributed by atoms with van der Waals surface area (Å²) in [5.74, 6) is 1.62. The van der Waals surface area contributed by atoms with E-state index in [2.05, 4.69) is 46.8 Å². The molecule has 1 nitrogen and oxygen atoms in total. The molecule has 0 heterocycles. The van der Waals surface area contributed by atoms with E-state index < -0.39 is 0 Å². The van der Waals surface area contributed by atoms with Crippen molar-refractivity contribution in [1.82, 2.24) is 0 Å². The fourth-order valence-corrected chi connectivity index (χ4v) is 5.31. The highest BCUT2D eigenvalue weighted by Crippen LogP contribution is 2.43. The van der Waals surface area contributed by atoms with Gasteiger partial charge in [0.1, 0.15) is 5.75 Å². The average molecular weight is 429 g/mol. The quantitative estimate of drug-likeness (QED) is 0.310. The summed E-state index contributed by atoms with van der Waals surface area (Å²) in [6.07, 6.45) is 21.5. The number of aromatic hydroxyl groups is 1. The molecule has 1 N–H and O–H groups in total. The van der Waals surface area contributed by atoms with Gasteiger partial charge in [-0.05, 0) is 53.2 Å². The lowest BCUT2D eigenvalue weighted by Crippen LogP contribution is -2.15. The Labute approximate surface area is 194 Å². The number of phenolic OH excluding ortho intramolecular Hbond substituents is 1. The van der Waals surface area contributed by atoms with Crippen molar-refractivity contribution >= 4 is 0 Å². The fraction of sp³-hybridized carbons (Fsp3) is 0.800. The summed E-state index contributed by atoms with van der Waals surface area (Å²) in [6, 6.07) is 4.66. The Morgan fingerprint density at radius 2 is 1.39 bits per heavy atom. The van der Waals surface area contributed by atoms with Crippen LogP contribution in [0.15, 0.2) is 12.1 Å². The highest BCUT2D eigenvalue weighted by molar-refractivity contribution is 5.49. The van der Waals surface area contributed by atoms with E-state index >= 15 is 0 Å². The molecule has 1 atom stereocenters. The monoisotopic (exact) mass is 428 g/mol. The lowest BCUT2D eigenvalue weighted by atomic mass is 9.77. The molecule has 178 valence electrons. The standard InChI is InChI=1S/C30H52O/c1-6-7-8-9-10-11-12-13-14-16-19-24(2)27-22-26(30(3,4)5)23-28(29(27)31)25-20-17-15-18-21-25/h22-25,31H,6-21H2,1-5H3. The molecule has 0 saturated heterocycles. The summed E-state index contributed by atoms with van der Waals surface area (Å²) in [7, 11) is 0. The van der Waals surface area contributed by atoms with Crippen LogP contribution in [0.4, 0.5) is 0 Å². The van der Waals surface area contributed by atoms with Gasteiger partial charge in [0.25, 0.3) is 0 Å². The molecule has 31 heavy (non-hydrogen) atoms. The van der Waals surface area contributed by atoms with Crippen LogP contribution in [0.3, 0.4) is 0 Å². The number of benzene rings is 1. The van der Waals surface area contributed by atoms with Gasteiger partial charge in [-0.25, -0.2) is 0 Å². The van der Waals surface area contributed by atoms with Gasteiger partial charge in [-0.1, -0.05) is 130 Å². The first-order chi connectivity index (χ1) is 14.8. The predicted molar refractivity (Wildman–Crippen MR) is 138 cm³/mol. The van der Waals surface area contributed by atoms with E-state index in [-0.39, 0.29) is 5.41 Å². The molecule has 0 bridgehead atoms. The van der Waals surface area contributed by atoms with Crippen LogP contribution >= 0.6 is 0 Å². The highest BCUT2D eigenvalue weighted by Gasteiger charge is 2.25. The predicted octanol–water partition coefficient (Wildman–Crippen LogP) is 10.2. The molecule has 0 aromatic heterocycles. The van der Waals surface area contributed by atoms with Crippen molar-refractivity contribution in [2.24, 2.45) is 0 Å². The summed E-state index contributed by atoms with van der Waals surface area (Å²) >= 11 is 0. The zero-order chi connectivity index (χ0) is 22.7. The van der Waals surface area contributed by atoms with Crippen LogP contribution in [0, 0.1) is 0 Å². The third-order valence-corrected chi connectivity index (χ3v) is 7.60. The molecule has 0 amide bonds. The second-order valence-electron chi connectivity index (χ2n) is 11.5. The number of hydrogen-bond acceptors (Lipinski definition) is 1. The third-order valence-electron chi connectivity index (χ3n) is 7.60. The molecule has 1 aromatic carbocycles. The maximum Gasteiger partial charge on any atom is 0.122 e. The summed E-state index contributed by atoms with van der Waals surface area (Å²) in [6.45, 7) is 11.5. The van der Waals surface area contributed by atoms with Gasteiger partial charge in [0.05, 0.1) is 0 Å². The fourth-order valence-electron chi connectivity index (χ4n) is 5.31. The van der Waals surface area contributed by atoms with Crippen molar-refractivity contribution in [3.05, 3.63) is 28.8 Å². The van der Waals surface area contributed by atoms with E-state index in [1.807, 2.05) is 0 Å². The van der Waals surface area contributed by atoms with Crippen molar-refractivity contribution in [3.63, 3.8) is 0 Å². The van der Waals surface area contributed by atoms with Crippen LogP contribution in [-0.4, -0.2) is 5.11 Å². The summed E-state index contributed by atoms with van der Waals surface area (Å²) in [5.41, 5.74) is 3.99. The molecule has 0 aliphatic heterocycles. The van der Waals surface area contributed by atoms with Crippen molar-refractivity contribution in [2.75, 3.05) is 0 Å². The molecule has 2 rings (SSSR count). The normalized spacial score (nSPS) is 16.5. The highest BCUT2D eigenvalue weighted by atomic mass is 16.3. The molecule has 1 saturated carbocycles. The average Bonchev–Trinajstić information content (AvgIpc) is 2.75. The van der Waals surface area contributed by atoms with Gasteiger partial charge < -0.3 is 5.11 Å². The number of hydrogen-bond donors (Lipinski definition) is 1. The van der Waals surface area contributed by atoms with Gasteiger partial charge in [-0.2, -0.15) is 0 Å². The largest absolute Gasteiger partial charge is 0.507 e. The van der Waals surface area contributed by atoms with Crippen LogP contribution < -0.4 is 0 Å². The zero-order valence-corrected chi connectivity index (χ0v) is 21.6. The number of unbranched alkanes of at least 4 members (excludes halogenated alkanes) is 9. The minimum absolute atomic E-state index is 0.128. The zero-order valence-electron chi connectivity index (χ0n) is 21.6. The van der Waals surface area contributed by atoms with Gasteiger partial charge in [-0.3, -0.25) is 0 Å². The van der Waals surface area contributed by atoms with E-state index in [0.29, 0.717) is 17.6 Å². The lowest BCUT2D eigenvalue weighted by molar-refractivity contribution is 0.406. The van der Waals surface area contributed by atoms with Crippen molar-refractivity contribution in [3.8, 4) is 5.75 Å². The Balaban J connectivity index is 1.90. The van der Waals surface area contributed by atoms with Crippen LogP contribution in [0.5, 0.6) is 5.75 Å². The van der Waals surface area contributed by atoms with Crippen molar-refractivity contribution < 1.29 is 5.11 Å². The first-order valence-corrected chi connectivity index (χ1v) is 13.7. The second kappa shape index (κ2) is 13.5. The summed E-state index contributed by atoms with van der Waals surface area (Å²) < 4.78 is 0. The smallest absolute Gasteiger partial charge is 0.122 e. The van der Waals surface area contributed by atoms with E-state index in [1.54, 1.807) is 0 Å². The first-order valence-electron chi connectivity index (χ1n) is 13.7. The molecule has 0 radical (unpaired) electrons. The minimum atomic E-state index is 0.128. The van der Waals surface area contributed by atoms with Crippen LogP contribution in [0.25, 0.3) is 0 Å². The molecule has 1 aliphatic rings. The van der Waals surface area contributed by atoms with Crippen LogP contribution in [0.2, 0.25) is 0 Å². The van der Waals surface area contributed by atoms with Gasteiger partial charge >= 0.3 is 0 Å². The third kappa shape index (κ3) is 8.82. The minimum Gasteiger partial charge on any atom is -0.507 e. The Morgan fingerprint density at radius 1 is 0.839 bits per heavy atom. The molecule has 0 spiro atoms. The topological polar surface area (TPSA) is 20.2 Å². The van der Waals surface area contributed by atoms with Crippen LogP contribution in [-0.2, 0) is 5.41 Å². The molecular weight excluding hydrogens is 376 g/mol. The Morgan fingerprint density at radius 3 is 1.94 bits per heavy atom. The Bertz CT molecular complexity index is 618. The molecule has 1 aromatic rings. The number of phenols is 1. The summed E-state index contributed by atoms with van der Waals surface area (Å²) in [4.78, 5) is 0. The molecule has 1 unspecified atom stereocenters. The van der Waals surface area contributed by atoms with Crippen molar-refractivity contribution in [1.29, 1.82) is 0 Å². The van der Waals surface area contributed by atoms with Gasteiger partial charge in [0, 0.05) is 0 Å². The first kappa shape index (κ1) is 26.3. The van der Waals surface area contributed by atoms with Gasteiger partial charge in [0.15, 0.2) is 0 Å². The van der Waals surface area contributed by atoms with Gasteiger partial charge in [-0.15, -0.1) is 0 Å². The second-order valence-corrected chi connectivity index (χ2v) is 11.5. The lowest BCUT2D eigenvalue weighted by Gasteiger charge is -2.29. The maximum atomic E-state index is 11.3. The van der Waals surface area contributed by atoms with E-state index in [9.17, 15) is 5.11 Å². The molecular formula is C30H52O. The number of rotatable bonds is 13. The van der Waals surface area contributed by atoms with E-state index in [0.717, 1.165) is 0 Å². The Kier molecular flexibility index (Phi) is 11.5. The summed E-state index contributed by atoms with van der Waals surface area (Å²) in [5, 5.41) is 11.3. The van der Waals surface area contributed by atoms with E-state index in [4.69, 9.17) is 0 Å². The van der Waals surface area contributed by atoms with Crippen LogP contribution in [0.1, 0.15) is 166 Å².